The largest absolute Gasteiger partial charge is 0.481 e. The Labute approximate surface area is 122 Å². The van der Waals surface area contributed by atoms with Gasteiger partial charge in [0.25, 0.3) is 0 Å². The van der Waals surface area contributed by atoms with Crippen LogP contribution < -0.4 is 5.32 Å². The lowest BCUT2D eigenvalue weighted by molar-refractivity contribution is -0.136. The number of aliphatic carboxylic acids is 1. The molecule has 1 aromatic carbocycles. The van der Waals surface area contributed by atoms with Crippen molar-refractivity contribution in [2.75, 3.05) is 5.32 Å². The van der Waals surface area contributed by atoms with E-state index in [2.05, 4.69) is 5.32 Å². The molecule has 1 aromatic rings. The molecule has 0 aliphatic heterocycles. The van der Waals surface area contributed by atoms with Crippen LogP contribution in [0.5, 0.6) is 0 Å². The van der Waals surface area contributed by atoms with Crippen molar-refractivity contribution in [2.24, 2.45) is 0 Å². The third-order valence-corrected chi connectivity index (χ3v) is 2.55. The molecule has 0 fully saturated rings. The molecule has 1 amide bonds. The molecule has 0 spiro atoms. The number of carbonyl (C=O) groups excluding carboxylic acids is 1. The fourth-order valence-corrected chi connectivity index (χ4v) is 1.74. The average molecular weight is 300 g/mol. The number of rotatable bonds is 4. The number of halogens is 1. The molecular weight excluding hydrogens is 282 g/mol. The molecule has 0 aromatic heterocycles. The molecule has 0 bridgehead atoms. The number of anilines is 1. The Morgan fingerprint density at radius 1 is 1.35 bits per heavy atom. The van der Waals surface area contributed by atoms with Gasteiger partial charge in [0.1, 0.15) is 5.60 Å². The predicted octanol–water partition coefficient (Wildman–Crippen LogP) is 3.70. The van der Waals surface area contributed by atoms with Gasteiger partial charge in [-0.05, 0) is 51.0 Å². The van der Waals surface area contributed by atoms with Gasteiger partial charge in [0, 0.05) is 17.1 Å². The van der Waals surface area contributed by atoms with Crippen LogP contribution in [0.25, 0.3) is 0 Å². The van der Waals surface area contributed by atoms with Gasteiger partial charge in [-0.2, -0.15) is 0 Å². The molecule has 0 saturated heterocycles. The molecular formula is C14H18ClNO4. The molecule has 0 radical (unpaired) electrons. The third kappa shape index (κ3) is 5.93. The Morgan fingerprint density at radius 3 is 2.55 bits per heavy atom. The van der Waals surface area contributed by atoms with Gasteiger partial charge in [0.15, 0.2) is 0 Å². The number of hydrogen-bond acceptors (Lipinski definition) is 3. The molecule has 5 nitrogen and oxygen atoms in total. The zero-order valence-corrected chi connectivity index (χ0v) is 12.5. The Morgan fingerprint density at radius 2 is 2.00 bits per heavy atom. The molecule has 0 atom stereocenters. The summed E-state index contributed by atoms with van der Waals surface area (Å²) in [6.07, 6.45) is -0.346. The number of carboxylic acids is 1. The smallest absolute Gasteiger partial charge is 0.412 e. The normalized spacial score (nSPS) is 11.0. The molecule has 0 saturated carbocycles. The molecule has 0 aliphatic rings. The summed E-state index contributed by atoms with van der Waals surface area (Å²) in [4.78, 5) is 22.4. The van der Waals surface area contributed by atoms with Crippen LogP contribution in [0, 0.1) is 0 Å². The van der Waals surface area contributed by atoms with Crippen LogP contribution in [0.15, 0.2) is 18.2 Å². The number of carboxylic acid groups (broad SMARTS) is 1. The summed E-state index contributed by atoms with van der Waals surface area (Å²) in [5.74, 6) is -0.909. The third-order valence-electron chi connectivity index (χ3n) is 2.31. The van der Waals surface area contributed by atoms with Crippen molar-refractivity contribution < 1.29 is 19.4 Å². The first-order valence-corrected chi connectivity index (χ1v) is 6.55. The minimum absolute atomic E-state index is 0.0384. The van der Waals surface area contributed by atoms with Crippen molar-refractivity contribution in [1.29, 1.82) is 0 Å². The standard InChI is InChI=1S/C14H18ClNO4/c1-14(2,3)20-13(19)16-11-6-5-10(15)8-9(11)4-7-12(17)18/h5-6,8H,4,7H2,1-3H3,(H,16,19)(H,17,18). The van der Waals surface area contributed by atoms with E-state index in [1.807, 2.05) is 0 Å². The molecule has 2 N–H and O–H groups in total. The minimum Gasteiger partial charge on any atom is -0.481 e. The monoisotopic (exact) mass is 299 g/mol. The van der Waals surface area contributed by atoms with Crippen LogP contribution in [0.1, 0.15) is 32.8 Å². The summed E-state index contributed by atoms with van der Waals surface area (Å²) >= 11 is 5.88. The lowest BCUT2D eigenvalue weighted by Gasteiger charge is -2.20. The molecule has 0 unspecified atom stereocenters. The van der Waals surface area contributed by atoms with Crippen molar-refractivity contribution in [3.8, 4) is 0 Å². The van der Waals surface area contributed by atoms with E-state index in [9.17, 15) is 9.59 Å². The number of aryl methyl sites for hydroxylation is 1. The summed E-state index contributed by atoms with van der Waals surface area (Å²) in [6, 6.07) is 4.89. The van der Waals surface area contributed by atoms with Gasteiger partial charge < -0.3 is 9.84 Å². The second-order valence-electron chi connectivity index (χ2n) is 5.32. The molecule has 0 heterocycles. The van der Waals surface area contributed by atoms with Crippen LogP contribution in [-0.4, -0.2) is 22.8 Å². The van der Waals surface area contributed by atoms with E-state index in [1.165, 1.54) is 0 Å². The van der Waals surface area contributed by atoms with Gasteiger partial charge in [-0.1, -0.05) is 11.6 Å². The van der Waals surface area contributed by atoms with Gasteiger partial charge in [-0.25, -0.2) is 4.79 Å². The van der Waals surface area contributed by atoms with Crippen LogP contribution in [0.2, 0.25) is 5.02 Å². The fraction of sp³-hybridized carbons (Fsp3) is 0.429. The highest BCUT2D eigenvalue weighted by molar-refractivity contribution is 6.30. The molecule has 1 rings (SSSR count). The first-order chi connectivity index (χ1) is 9.17. The highest BCUT2D eigenvalue weighted by Crippen LogP contribution is 2.23. The van der Waals surface area contributed by atoms with Crippen molar-refractivity contribution in [2.45, 2.75) is 39.2 Å². The van der Waals surface area contributed by atoms with Crippen LogP contribution >= 0.6 is 11.6 Å². The van der Waals surface area contributed by atoms with E-state index in [0.29, 0.717) is 16.3 Å². The van der Waals surface area contributed by atoms with Gasteiger partial charge in [0.05, 0.1) is 0 Å². The Hall–Kier alpha value is -1.75. The zero-order valence-electron chi connectivity index (χ0n) is 11.7. The number of ether oxygens (including phenoxy) is 1. The van der Waals surface area contributed by atoms with Gasteiger partial charge in [0.2, 0.25) is 0 Å². The van der Waals surface area contributed by atoms with E-state index in [1.54, 1.807) is 39.0 Å². The predicted molar refractivity (Wildman–Crippen MR) is 77.3 cm³/mol. The van der Waals surface area contributed by atoms with E-state index in [-0.39, 0.29) is 12.8 Å². The topological polar surface area (TPSA) is 75.6 Å². The number of nitrogens with one attached hydrogen (secondary N) is 1. The lowest BCUT2D eigenvalue weighted by Crippen LogP contribution is -2.27. The van der Waals surface area contributed by atoms with Crippen molar-refractivity contribution in [3.63, 3.8) is 0 Å². The first-order valence-electron chi connectivity index (χ1n) is 6.17. The minimum atomic E-state index is -0.909. The number of carbonyl (C=O) groups is 2. The van der Waals surface area contributed by atoms with Crippen molar-refractivity contribution >= 4 is 29.4 Å². The van der Waals surface area contributed by atoms with Gasteiger partial charge >= 0.3 is 12.1 Å². The van der Waals surface area contributed by atoms with Gasteiger partial charge in [-0.3, -0.25) is 10.1 Å². The molecule has 6 heteroatoms. The molecule has 20 heavy (non-hydrogen) atoms. The van der Waals surface area contributed by atoms with E-state index in [4.69, 9.17) is 21.4 Å². The maximum absolute atomic E-state index is 11.7. The summed E-state index contributed by atoms with van der Waals surface area (Å²) in [5.41, 5.74) is 0.563. The summed E-state index contributed by atoms with van der Waals surface area (Å²) in [7, 11) is 0. The average Bonchev–Trinajstić information content (AvgIpc) is 2.26. The zero-order chi connectivity index (χ0) is 15.3. The first kappa shape index (κ1) is 16.3. The van der Waals surface area contributed by atoms with E-state index >= 15 is 0 Å². The summed E-state index contributed by atoms with van der Waals surface area (Å²) < 4.78 is 5.15. The van der Waals surface area contributed by atoms with E-state index < -0.39 is 17.7 Å². The maximum Gasteiger partial charge on any atom is 0.412 e. The van der Waals surface area contributed by atoms with E-state index in [0.717, 1.165) is 0 Å². The second kappa shape index (κ2) is 6.61. The summed E-state index contributed by atoms with van der Waals surface area (Å²) in [5, 5.41) is 11.8. The Balaban J connectivity index is 2.83. The van der Waals surface area contributed by atoms with Crippen molar-refractivity contribution in [1.82, 2.24) is 0 Å². The van der Waals surface area contributed by atoms with Crippen molar-refractivity contribution in [3.05, 3.63) is 28.8 Å². The Kier molecular flexibility index (Phi) is 5.39. The quantitative estimate of drug-likeness (QED) is 0.888. The maximum atomic E-state index is 11.7. The molecule has 110 valence electrons. The number of benzene rings is 1. The Bertz CT molecular complexity index is 508. The SMILES string of the molecule is CC(C)(C)OC(=O)Nc1ccc(Cl)cc1CCC(=O)O. The number of amides is 1. The molecule has 0 aliphatic carbocycles. The van der Waals surface area contributed by atoms with Gasteiger partial charge in [-0.15, -0.1) is 0 Å². The van der Waals surface area contributed by atoms with Crippen LogP contribution in [0.4, 0.5) is 10.5 Å². The second-order valence-corrected chi connectivity index (χ2v) is 5.76. The lowest BCUT2D eigenvalue weighted by atomic mass is 10.1. The highest BCUT2D eigenvalue weighted by atomic mass is 35.5. The fourth-order valence-electron chi connectivity index (χ4n) is 1.55. The summed E-state index contributed by atoms with van der Waals surface area (Å²) in [6.45, 7) is 5.29. The van der Waals surface area contributed by atoms with Crippen LogP contribution in [-0.2, 0) is 16.0 Å². The number of hydrogen-bond donors (Lipinski definition) is 2. The highest BCUT2D eigenvalue weighted by Gasteiger charge is 2.17. The van der Waals surface area contributed by atoms with Crippen LogP contribution in [0.3, 0.4) is 0 Å².